The lowest BCUT2D eigenvalue weighted by molar-refractivity contribution is -0.128. The van der Waals surface area contributed by atoms with Crippen LogP contribution in [0.2, 0.25) is 0 Å². The van der Waals surface area contributed by atoms with Crippen molar-refractivity contribution in [2.75, 3.05) is 19.7 Å². The Balaban J connectivity index is 1.87. The Hall–Kier alpha value is -2.90. The predicted octanol–water partition coefficient (Wildman–Crippen LogP) is 0.811. The van der Waals surface area contributed by atoms with Crippen LogP contribution < -0.4 is 10.6 Å². The highest BCUT2D eigenvalue weighted by atomic mass is 16.5. The molecule has 0 saturated carbocycles. The zero-order valence-electron chi connectivity index (χ0n) is 14.0. The Morgan fingerprint density at radius 1 is 1.28 bits per heavy atom. The van der Waals surface area contributed by atoms with E-state index < -0.39 is 24.5 Å². The molecule has 1 aliphatic rings. The van der Waals surface area contributed by atoms with Crippen molar-refractivity contribution in [3.05, 3.63) is 35.4 Å². The van der Waals surface area contributed by atoms with Crippen molar-refractivity contribution in [2.45, 2.75) is 26.3 Å². The van der Waals surface area contributed by atoms with Crippen molar-refractivity contribution in [3.8, 4) is 0 Å². The predicted molar refractivity (Wildman–Crippen MR) is 88.6 cm³/mol. The quantitative estimate of drug-likeness (QED) is 0.741. The van der Waals surface area contributed by atoms with Crippen LogP contribution in [0.25, 0.3) is 0 Å². The maximum absolute atomic E-state index is 12.0. The molecular weight excluding hydrogens is 326 g/mol. The number of amides is 4. The van der Waals surface area contributed by atoms with Crippen molar-refractivity contribution < 1.29 is 23.9 Å². The SMILES string of the molecule is CCNC(=O)NC(=O)COC(=O)c1cccc(CN2CCCC2=O)c1. The van der Waals surface area contributed by atoms with Crippen LogP contribution in [0.15, 0.2) is 24.3 Å². The number of esters is 1. The van der Waals surface area contributed by atoms with Gasteiger partial charge in [0, 0.05) is 26.1 Å². The van der Waals surface area contributed by atoms with Crippen LogP contribution in [0.1, 0.15) is 35.7 Å². The second kappa shape index (κ2) is 8.81. The molecule has 0 aromatic heterocycles. The van der Waals surface area contributed by atoms with E-state index in [4.69, 9.17) is 4.74 Å². The first-order valence-electron chi connectivity index (χ1n) is 8.11. The summed E-state index contributed by atoms with van der Waals surface area (Å²) in [7, 11) is 0. The Bertz CT molecular complexity index is 674. The summed E-state index contributed by atoms with van der Waals surface area (Å²) in [5, 5.41) is 4.44. The van der Waals surface area contributed by atoms with E-state index in [1.54, 1.807) is 30.0 Å². The van der Waals surface area contributed by atoms with E-state index in [1.807, 2.05) is 11.4 Å². The number of imide groups is 1. The third kappa shape index (κ3) is 5.59. The van der Waals surface area contributed by atoms with E-state index >= 15 is 0 Å². The van der Waals surface area contributed by atoms with Gasteiger partial charge in [-0.3, -0.25) is 14.9 Å². The van der Waals surface area contributed by atoms with Crippen LogP contribution in [0.4, 0.5) is 4.79 Å². The molecule has 8 nitrogen and oxygen atoms in total. The third-order valence-electron chi connectivity index (χ3n) is 3.63. The number of urea groups is 1. The number of likely N-dealkylation sites (tertiary alicyclic amines) is 1. The average molecular weight is 347 g/mol. The molecule has 4 amide bonds. The number of carbonyl (C=O) groups excluding carboxylic acids is 4. The highest BCUT2D eigenvalue weighted by molar-refractivity contribution is 5.97. The minimum absolute atomic E-state index is 0.106. The fourth-order valence-corrected chi connectivity index (χ4v) is 2.47. The maximum atomic E-state index is 12.0. The van der Waals surface area contributed by atoms with Gasteiger partial charge in [0.15, 0.2) is 6.61 Å². The van der Waals surface area contributed by atoms with E-state index in [0.717, 1.165) is 12.0 Å². The van der Waals surface area contributed by atoms with Crippen molar-refractivity contribution in [2.24, 2.45) is 0 Å². The molecule has 2 rings (SSSR count). The smallest absolute Gasteiger partial charge is 0.338 e. The number of hydrogen-bond acceptors (Lipinski definition) is 5. The zero-order chi connectivity index (χ0) is 18.2. The molecule has 1 aromatic carbocycles. The number of carbonyl (C=O) groups is 4. The zero-order valence-corrected chi connectivity index (χ0v) is 14.0. The van der Waals surface area contributed by atoms with E-state index in [9.17, 15) is 19.2 Å². The van der Waals surface area contributed by atoms with Crippen LogP contribution in [-0.2, 0) is 20.9 Å². The first-order chi connectivity index (χ1) is 12.0. The van der Waals surface area contributed by atoms with Gasteiger partial charge in [0.1, 0.15) is 0 Å². The lowest BCUT2D eigenvalue weighted by atomic mass is 10.1. The van der Waals surface area contributed by atoms with E-state index in [0.29, 0.717) is 26.1 Å². The van der Waals surface area contributed by atoms with Gasteiger partial charge in [-0.1, -0.05) is 12.1 Å². The highest BCUT2D eigenvalue weighted by Crippen LogP contribution is 2.15. The molecule has 0 spiro atoms. The van der Waals surface area contributed by atoms with Gasteiger partial charge < -0.3 is 15.0 Å². The molecule has 1 saturated heterocycles. The van der Waals surface area contributed by atoms with Gasteiger partial charge in [-0.25, -0.2) is 9.59 Å². The largest absolute Gasteiger partial charge is 0.452 e. The van der Waals surface area contributed by atoms with E-state index in [-0.39, 0.29) is 11.5 Å². The lowest BCUT2D eigenvalue weighted by Gasteiger charge is -2.15. The summed E-state index contributed by atoms with van der Waals surface area (Å²) in [5.74, 6) is -1.27. The van der Waals surface area contributed by atoms with Gasteiger partial charge in [-0.05, 0) is 31.0 Å². The fourth-order valence-electron chi connectivity index (χ4n) is 2.47. The topological polar surface area (TPSA) is 105 Å². The van der Waals surface area contributed by atoms with Crippen molar-refractivity contribution >= 4 is 23.8 Å². The van der Waals surface area contributed by atoms with Crippen molar-refractivity contribution in [1.29, 1.82) is 0 Å². The van der Waals surface area contributed by atoms with Gasteiger partial charge in [0.25, 0.3) is 5.91 Å². The first kappa shape index (κ1) is 18.4. The van der Waals surface area contributed by atoms with Gasteiger partial charge >= 0.3 is 12.0 Å². The summed E-state index contributed by atoms with van der Waals surface area (Å²) in [6.45, 7) is 2.70. The van der Waals surface area contributed by atoms with Crippen molar-refractivity contribution in [1.82, 2.24) is 15.5 Å². The number of nitrogens with one attached hydrogen (secondary N) is 2. The summed E-state index contributed by atoms with van der Waals surface area (Å²) in [5.41, 5.74) is 1.10. The molecule has 2 N–H and O–H groups in total. The van der Waals surface area contributed by atoms with Gasteiger partial charge in [0.2, 0.25) is 5.91 Å². The molecule has 0 bridgehead atoms. The van der Waals surface area contributed by atoms with Gasteiger partial charge in [-0.15, -0.1) is 0 Å². The molecule has 1 heterocycles. The van der Waals surface area contributed by atoms with Crippen LogP contribution in [0.3, 0.4) is 0 Å². The maximum Gasteiger partial charge on any atom is 0.338 e. The first-order valence-corrected chi connectivity index (χ1v) is 8.11. The summed E-state index contributed by atoms with van der Waals surface area (Å²) in [6, 6.07) is 6.08. The second-order valence-electron chi connectivity index (χ2n) is 5.60. The molecule has 1 aromatic rings. The van der Waals surface area contributed by atoms with Crippen LogP contribution >= 0.6 is 0 Å². The summed E-state index contributed by atoms with van der Waals surface area (Å²) in [6.07, 6.45) is 1.41. The second-order valence-corrected chi connectivity index (χ2v) is 5.60. The normalized spacial score (nSPS) is 13.5. The van der Waals surface area contributed by atoms with Crippen LogP contribution in [0, 0.1) is 0 Å². The number of ether oxygens (including phenoxy) is 1. The monoisotopic (exact) mass is 347 g/mol. The molecular formula is C17H21N3O5. The molecule has 0 radical (unpaired) electrons. The summed E-state index contributed by atoms with van der Waals surface area (Å²) < 4.78 is 4.90. The number of nitrogens with zero attached hydrogens (tertiary/aromatic N) is 1. The van der Waals surface area contributed by atoms with E-state index in [1.165, 1.54) is 0 Å². The standard InChI is InChI=1S/C17H21N3O5/c1-2-18-17(24)19-14(21)11-25-16(23)13-6-3-5-12(9-13)10-20-8-4-7-15(20)22/h3,5-6,9H,2,4,7-8,10-11H2,1H3,(H2,18,19,21,24). The van der Waals surface area contributed by atoms with Crippen LogP contribution in [0.5, 0.6) is 0 Å². The number of rotatable bonds is 6. The summed E-state index contributed by atoms with van der Waals surface area (Å²) in [4.78, 5) is 48.1. The molecule has 0 unspecified atom stereocenters. The van der Waals surface area contributed by atoms with Gasteiger partial charge in [0.05, 0.1) is 5.56 Å². The molecule has 1 fully saturated rings. The fraction of sp³-hybridized carbons (Fsp3) is 0.412. The lowest BCUT2D eigenvalue weighted by Crippen LogP contribution is -2.41. The summed E-state index contributed by atoms with van der Waals surface area (Å²) >= 11 is 0. The van der Waals surface area contributed by atoms with Crippen molar-refractivity contribution in [3.63, 3.8) is 0 Å². The molecule has 0 atom stereocenters. The Morgan fingerprint density at radius 2 is 2.08 bits per heavy atom. The average Bonchev–Trinajstić information content (AvgIpc) is 2.98. The molecule has 8 heteroatoms. The molecule has 134 valence electrons. The minimum Gasteiger partial charge on any atom is -0.452 e. The van der Waals surface area contributed by atoms with Crippen LogP contribution in [-0.4, -0.2) is 48.4 Å². The van der Waals surface area contributed by atoms with E-state index in [2.05, 4.69) is 5.32 Å². The van der Waals surface area contributed by atoms with Gasteiger partial charge in [-0.2, -0.15) is 0 Å². The molecule has 25 heavy (non-hydrogen) atoms. The molecule has 0 aliphatic carbocycles. The Labute approximate surface area is 145 Å². The third-order valence-corrected chi connectivity index (χ3v) is 3.63. The number of hydrogen-bond donors (Lipinski definition) is 2. The number of benzene rings is 1. The minimum atomic E-state index is -0.710. The molecule has 1 aliphatic heterocycles. The Kier molecular flexibility index (Phi) is 6.50. The Morgan fingerprint density at radius 3 is 2.76 bits per heavy atom. The highest BCUT2D eigenvalue weighted by Gasteiger charge is 2.20.